The second-order valence-electron chi connectivity index (χ2n) is 20.3. The summed E-state index contributed by atoms with van der Waals surface area (Å²) in [6, 6.07) is 33.5. The van der Waals surface area contributed by atoms with Gasteiger partial charge < -0.3 is 37.1 Å². The molecule has 0 saturated carbocycles. The molecule has 1 fully saturated rings. The number of nitrogens with zero attached hydrogens (tertiary/aromatic N) is 10. The lowest BCUT2D eigenvalue weighted by Crippen LogP contribution is -2.44. The van der Waals surface area contributed by atoms with Gasteiger partial charge >= 0.3 is 5.97 Å². The van der Waals surface area contributed by atoms with Crippen molar-refractivity contribution in [3.8, 4) is 39.8 Å². The molecular formula is C62H66N16O5. The number of rotatable bonds is 23. The van der Waals surface area contributed by atoms with E-state index in [9.17, 15) is 24.4 Å². The zero-order valence-electron chi connectivity index (χ0n) is 46.9. The number of hydrogen-bond donors (Lipinski definition) is 6. The molecule has 1 aliphatic rings. The number of ether oxygens (including phenoxy) is 1. The van der Waals surface area contributed by atoms with E-state index in [1.165, 1.54) is 7.11 Å². The molecule has 0 aliphatic carbocycles. The Labute approximate surface area is 481 Å². The maximum Gasteiger partial charge on any atom is 0.323 e. The van der Waals surface area contributed by atoms with Crippen molar-refractivity contribution in [1.82, 2.24) is 60.8 Å². The fraction of sp³-hybridized carbons (Fsp3) is 0.290. The van der Waals surface area contributed by atoms with Crippen LogP contribution in [0.15, 0.2) is 122 Å². The van der Waals surface area contributed by atoms with Crippen molar-refractivity contribution >= 4 is 41.0 Å². The van der Waals surface area contributed by atoms with Gasteiger partial charge in [-0.2, -0.15) is 5.26 Å². The third-order valence-corrected chi connectivity index (χ3v) is 14.5. The third kappa shape index (κ3) is 15.0. The van der Waals surface area contributed by atoms with Gasteiger partial charge in [-0.25, -0.2) is 14.6 Å². The lowest BCUT2D eigenvalue weighted by molar-refractivity contribution is -0.148. The number of pyridine rings is 3. The molecule has 1 saturated heterocycles. The Hall–Kier alpha value is -9.62. The van der Waals surface area contributed by atoms with E-state index < -0.39 is 0 Å². The molecule has 1 atom stereocenters. The SMILES string of the molecule is COC(=O)[C@@H]1CCCCN1Cc1ccc(C(=O)Nc2cccc(-c3cccc(NC(=O)c4ccc(CNCCNC(=O)CCCNCc5cccc(Cn6cc(-c7cc(-c8cccc(C#N)c8C)nc(N)n7)nn6)n5)cn4)c3C)c2C)nc1. The fourth-order valence-electron chi connectivity index (χ4n) is 9.98. The summed E-state index contributed by atoms with van der Waals surface area (Å²) in [6.07, 6.45) is 8.90. The highest BCUT2D eigenvalue weighted by Crippen LogP contribution is 2.34. The smallest absolute Gasteiger partial charge is 0.323 e. The van der Waals surface area contributed by atoms with Gasteiger partial charge in [0.15, 0.2) is 0 Å². The molecular weight excluding hydrogens is 1050 g/mol. The summed E-state index contributed by atoms with van der Waals surface area (Å²) in [4.78, 5) is 76.4. The van der Waals surface area contributed by atoms with Crippen LogP contribution in [0.1, 0.15) is 97.8 Å². The molecule has 7 N–H and O–H groups in total. The van der Waals surface area contributed by atoms with Crippen molar-refractivity contribution in [2.24, 2.45) is 0 Å². The molecule has 21 nitrogen and oxygen atoms in total. The van der Waals surface area contributed by atoms with E-state index in [2.05, 4.69) is 67.8 Å². The number of carbonyl (C=O) groups excluding carboxylic acids is 4. The van der Waals surface area contributed by atoms with Crippen molar-refractivity contribution in [2.75, 3.05) is 49.7 Å². The highest BCUT2D eigenvalue weighted by molar-refractivity contribution is 6.05. The van der Waals surface area contributed by atoms with Gasteiger partial charge in [-0.15, -0.1) is 5.10 Å². The van der Waals surface area contributed by atoms with Crippen molar-refractivity contribution in [1.29, 1.82) is 5.26 Å². The number of piperidine rings is 1. The maximum atomic E-state index is 13.5. The molecule has 9 rings (SSSR count). The van der Waals surface area contributed by atoms with E-state index in [-0.39, 0.29) is 47.1 Å². The number of benzene rings is 3. The molecule has 8 aromatic rings. The van der Waals surface area contributed by atoms with Gasteiger partial charge in [0, 0.05) is 68.5 Å². The topological polar surface area (TPSA) is 286 Å². The summed E-state index contributed by atoms with van der Waals surface area (Å²) >= 11 is 0. The normalized spacial score (nSPS) is 13.2. The molecule has 5 aromatic heterocycles. The predicted molar refractivity (Wildman–Crippen MR) is 315 cm³/mol. The molecule has 3 amide bonds. The van der Waals surface area contributed by atoms with Crippen LogP contribution in [0.4, 0.5) is 17.3 Å². The average molecular weight is 1120 g/mol. The largest absolute Gasteiger partial charge is 0.468 e. The lowest BCUT2D eigenvalue weighted by Gasteiger charge is -2.33. The van der Waals surface area contributed by atoms with Crippen LogP contribution in [0, 0.1) is 32.1 Å². The quantitative estimate of drug-likeness (QED) is 0.0267. The highest BCUT2D eigenvalue weighted by Gasteiger charge is 2.29. The van der Waals surface area contributed by atoms with E-state index in [1.54, 1.807) is 47.5 Å². The van der Waals surface area contributed by atoms with E-state index in [4.69, 9.17) is 15.5 Å². The van der Waals surface area contributed by atoms with Gasteiger partial charge in [-0.1, -0.05) is 66.2 Å². The number of aromatic nitrogens is 8. The standard InChI is InChI=1S/C62H66N16O5/c1-39-44(31-63)12-7-17-49(39)54-30-55(74-62(64)73-54)56-38-78(76-75-56)37-46-14-8-13-45(70-46)35-65-26-11-21-58(79)67-28-27-66-32-42-22-24-52(68-33-42)59(80)71-50-18-9-15-47(40(50)2)48-16-10-19-51(41(48)3)72-60(81)53-25-23-43(34-69-53)36-77-29-6-5-20-57(77)61(82)83-4/h7-10,12-19,22-25,30,33-34,38,57,65-66H,5-6,11,20-21,26-29,32,35-37H2,1-4H3,(H,67,79)(H,71,80)(H,72,81)(H2,64,73,74)/t57-/m0/s1. The summed E-state index contributed by atoms with van der Waals surface area (Å²) in [7, 11) is 1.42. The Balaban J connectivity index is 0.666. The molecule has 3 aromatic carbocycles. The summed E-state index contributed by atoms with van der Waals surface area (Å²) < 4.78 is 6.71. The second kappa shape index (κ2) is 27.7. The summed E-state index contributed by atoms with van der Waals surface area (Å²) in [5.74, 6) is -0.867. The first kappa shape index (κ1) is 58.0. The summed E-state index contributed by atoms with van der Waals surface area (Å²) in [6.45, 7) is 10.2. The number of anilines is 3. The molecule has 6 heterocycles. The Morgan fingerprint density at radius 2 is 1.34 bits per heavy atom. The minimum atomic E-state index is -0.349. The molecule has 0 spiro atoms. The Morgan fingerprint density at radius 3 is 2.02 bits per heavy atom. The van der Waals surface area contributed by atoms with Crippen LogP contribution in [0.25, 0.3) is 33.8 Å². The minimum absolute atomic E-state index is 0.0335. The number of carbonyl (C=O) groups is 4. The van der Waals surface area contributed by atoms with Gasteiger partial charge in [0.1, 0.15) is 23.1 Å². The number of hydrogen-bond acceptors (Lipinski definition) is 17. The van der Waals surface area contributed by atoms with E-state index in [0.29, 0.717) is 92.7 Å². The van der Waals surface area contributed by atoms with Crippen LogP contribution in [0.2, 0.25) is 0 Å². The second-order valence-corrected chi connectivity index (χ2v) is 20.3. The molecule has 424 valence electrons. The molecule has 1 aliphatic heterocycles. The van der Waals surface area contributed by atoms with Gasteiger partial charge in [-0.05, 0) is 141 Å². The molecule has 0 radical (unpaired) electrons. The molecule has 0 bridgehead atoms. The lowest BCUT2D eigenvalue weighted by atomic mass is 9.94. The van der Waals surface area contributed by atoms with Crippen LogP contribution >= 0.6 is 0 Å². The number of nitriles is 1. The van der Waals surface area contributed by atoms with Crippen LogP contribution in [0.3, 0.4) is 0 Å². The van der Waals surface area contributed by atoms with Crippen LogP contribution < -0.4 is 32.3 Å². The van der Waals surface area contributed by atoms with Crippen LogP contribution in [-0.4, -0.2) is 108 Å². The predicted octanol–water partition coefficient (Wildman–Crippen LogP) is 7.49. The first-order valence-corrected chi connectivity index (χ1v) is 27.6. The fourth-order valence-corrected chi connectivity index (χ4v) is 9.98. The summed E-state index contributed by atoms with van der Waals surface area (Å²) in [5, 5.41) is 33.8. The van der Waals surface area contributed by atoms with Crippen molar-refractivity contribution in [2.45, 2.75) is 85.1 Å². The molecule has 21 heteroatoms. The maximum absolute atomic E-state index is 13.5. The van der Waals surface area contributed by atoms with Crippen molar-refractivity contribution in [3.05, 3.63) is 178 Å². The number of esters is 1. The van der Waals surface area contributed by atoms with E-state index >= 15 is 0 Å². The Kier molecular flexibility index (Phi) is 19.4. The van der Waals surface area contributed by atoms with Gasteiger partial charge in [0.25, 0.3) is 11.8 Å². The highest BCUT2D eigenvalue weighted by atomic mass is 16.5. The third-order valence-electron chi connectivity index (χ3n) is 14.5. The molecule has 83 heavy (non-hydrogen) atoms. The van der Waals surface area contributed by atoms with Gasteiger partial charge in [-0.3, -0.25) is 39.0 Å². The van der Waals surface area contributed by atoms with Crippen molar-refractivity contribution < 1.29 is 23.9 Å². The Morgan fingerprint density at radius 1 is 0.687 bits per heavy atom. The van der Waals surface area contributed by atoms with E-state index in [0.717, 1.165) is 81.7 Å². The van der Waals surface area contributed by atoms with Crippen LogP contribution in [-0.2, 0) is 40.5 Å². The zero-order valence-corrected chi connectivity index (χ0v) is 46.9. The molecule has 0 unspecified atom stereocenters. The average Bonchev–Trinajstić information content (AvgIpc) is 4.15. The number of nitrogens with one attached hydrogen (secondary N) is 5. The van der Waals surface area contributed by atoms with E-state index in [1.807, 2.05) is 99.6 Å². The van der Waals surface area contributed by atoms with Crippen LogP contribution in [0.5, 0.6) is 0 Å². The first-order valence-electron chi connectivity index (χ1n) is 27.6. The number of nitrogen functional groups attached to an aromatic ring is 1. The monoisotopic (exact) mass is 1110 g/mol. The summed E-state index contributed by atoms with van der Waals surface area (Å²) in [5.41, 5.74) is 18.6. The minimum Gasteiger partial charge on any atom is -0.468 e. The van der Waals surface area contributed by atoms with Crippen molar-refractivity contribution in [3.63, 3.8) is 0 Å². The number of likely N-dealkylation sites (tertiary alicyclic amines) is 1. The zero-order chi connectivity index (χ0) is 58.2. The Bertz CT molecular complexity index is 3660. The number of nitrogens with two attached hydrogens (primary N) is 1. The van der Waals surface area contributed by atoms with Gasteiger partial charge in [0.2, 0.25) is 11.9 Å². The number of amides is 3. The van der Waals surface area contributed by atoms with Gasteiger partial charge in [0.05, 0.1) is 54.3 Å². The first-order chi connectivity index (χ1) is 40.3. The number of methoxy groups -OCH3 is 1.